The lowest BCUT2D eigenvalue weighted by Crippen LogP contribution is -2.08. The van der Waals surface area contributed by atoms with E-state index in [-0.39, 0.29) is 11.9 Å². The summed E-state index contributed by atoms with van der Waals surface area (Å²) >= 11 is 5.91. The summed E-state index contributed by atoms with van der Waals surface area (Å²) in [6, 6.07) is 4.88. The molecule has 1 atom stereocenters. The van der Waals surface area contributed by atoms with Crippen LogP contribution in [0.2, 0.25) is 5.02 Å². The molecule has 0 fully saturated rings. The second-order valence-corrected chi connectivity index (χ2v) is 3.89. The molecule has 1 aliphatic rings. The highest BCUT2D eigenvalue weighted by molar-refractivity contribution is 6.31. The van der Waals surface area contributed by atoms with E-state index in [4.69, 9.17) is 16.3 Å². The molecule has 1 aromatic rings. The fourth-order valence-electron chi connectivity index (χ4n) is 1.57. The van der Waals surface area contributed by atoms with Crippen LogP contribution in [0.15, 0.2) is 23.2 Å². The highest BCUT2D eigenvalue weighted by Crippen LogP contribution is 2.21. The van der Waals surface area contributed by atoms with Crippen LogP contribution < -0.4 is 0 Å². The first-order valence-electron chi connectivity index (χ1n) is 4.83. The second kappa shape index (κ2) is 4.62. The fraction of sp³-hybridized carbons (Fsp3) is 0.364. The van der Waals surface area contributed by atoms with Crippen molar-refractivity contribution < 1.29 is 9.13 Å². The molecule has 1 aliphatic heterocycles. The normalized spacial score (nSPS) is 19.2. The summed E-state index contributed by atoms with van der Waals surface area (Å²) in [5, 5.41) is 0.484. The van der Waals surface area contributed by atoms with Gasteiger partial charge in [0.25, 0.3) is 0 Å². The molecule has 80 valence electrons. The summed E-state index contributed by atoms with van der Waals surface area (Å²) in [4.78, 5) is 4.10. The minimum atomic E-state index is -0.245. The van der Waals surface area contributed by atoms with Gasteiger partial charge in [0.2, 0.25) is 0 Å². The Morgan fingerprint density at radius 1 is 1.53 bits per heavy atom. The third-order valence-electron chi connectivity index (χ3n) is 2.42. The highest BCUT2D eigenvalue weighted by atomic mass is 35.5. The summed E-state index contributed by atoms with van der Waals surface area (Å²) in [6.45, 7) is 0.589. The molecule has 0 radical (unpaired) electrons. The van der Waals surface area contributed by atoms with Gasteiger partial charge in [0.1, 0.15) is 12.4 Å². The van der Waals surface area contributed by atoms with E-state index in [1.165, 1.54) is 12.5 Å². The van der Waals surface area contributed by atoms with Crippen molar-refractivity contribution in [2.75, 3.05) is 6.61 Å². The number of rotatable bonds is 3. The number of ether oxygens (including phenoxy) is 1. The van der Waals surface area contributed by atoms with Crippen LogP contribution in [0.5, 0.6) is 0 Å². The van der Waals surface area contributed by atoms with Gasteiger partial charge < -0.3 is 4.74 Å². The molecule has 0 aromatic heterocycles. The van der Waals surface area contributed by atoms with Crippen molar-refractivity contribution in [3.63, 3.8) is 0 Å². The van der Waals surface area contributed by atoms with Crippen molar-refractivity contribution in [1.29, 1.82) is 0 Å². The van der Waals surface area contributed by atoms with Gasteiger partial charge >= 0.3 is 0 Å². The average Bonchev–Trinajstić information content (AvgIpc) is 2.70. The largest absolute Gasteiger partial charge is 0.481 e. The van der Waals surface area contributed by atoms with Gasteiger partial charge in [-0.25, -0.2) is 4.39 Å². The first-order chi connectivity index (χ1) is 7.27. The molecular formula is C11H11ClFNO. The van der Waals surface area contributed by atoms with Crippen molar-refractivity contribution in [2.45, 2.75) is 18.9 Å². The number of benzene rings is 1. The van der Waals surface area contributed by atoms with E-state index in [1.54, 1.807) is 12.1 Å². The molecule has 0 N–H and O–H groups in total. The molecule has 4 heteroatoms. The van der Waals surface area contributed by atoms with Crippen LogP contribution in [0.1, 0.15) is 12.0 Å². The minimum Gasteiger partial charge on any atom is -0.481 e. The highest BCUT2D eigenvalue weighted by Gasteiger charge is 2.14. The van der Waals surface area contributed by atoms with E-state index in [0.29, 0.717) is 23.6 Å². The van der Waals surface area contributed by atoms with E-state index in [0.717, 1.165) is 6.42 Å². The standard InChI is InChI=1S/C11H11ClFNO/c12-10-2-1-3-11(13)9(10)5-4-8-6-15-7-14-8/h1-3,7-8H,4-6H2. The molecule has 1 heterocycles. The zero-order valence-electron chi connectivity index (χ0n) is 8.12. The lowest BCUT2D eigenvalue weighted by molar-refractivity contribution is 0.321. The van der Waals surface area contributed by atoms with Crippen LogP contribution in [0, 0.1) is 5.82 Å². The van der Waals surface area contributed by atoms with Gasteiger partial charge in [0, 0.05) is 10.6 Å². The Kier molecular flexibility index (Phi) is 3.21. The molecule has 1 unspecified atom stereocenters. The maximum atomic E-state index is 13.4. The predicted molar refractivity (Wildman–Crippen MR) is 58.0 cm³/mol. The minimum absolute atomic E-state index is 0.140. The molecular weight excluding hydrogens is 217 g/mol. The van der Waals surface area contributed by atoms with Crippen molar-refractivity contribution in [3.8, 4) is 0 Å². The Bertz CT molecular complexity index is 361. The number of hydrogen-bond donors (Lipinski definition) is 0. The van der Waals surface area contributed by atoms with Gasteiger partial charge in [-0.1, -0.05) is 17.7 Å². The first kappa shape index (κ1) is 10.4. The quantitative estimate of drug-likeness (QED) is 0.778. The van der Waals surface area contributed by atoms with Gasteiger partial charge in [-0.2, -0.15) is 0 Å². The Labute approximate surface area is 92.7 Å². The topological polar surface area (TPSA) is 21.6 Å². The Balaban J connectivity index is 2.01. The Morgan fingerprint density at radius 3 is 3.07 bits per heavy atom. The summed E-state index contributed by atoms with van der Waals surface area (Å²) in [5.74, 6) is -0.245. The molecule has 15 heavy (non-hydrogen) atoms. The van der Waals surface area contributed by atoms with Crippen molar-refractivity contribution in [1.82, 2.24) is 0 Å². The van der Waals surface area contributed by atoms with E-state index in [9.17, 15) is 4.39 Å². The van der Waals surface area contributed by atoms with Gasteiger partial charge in [0.05, 0.1) is 6.04 Å². The van der Waals surface area contributed by atoms with E-state index in [1.807, 2.05) is 0 Å². The van der Waals surface area contributed by atoms with Gasteiger partial charge in [-0.05, 0) is 25.0 Å². The summed E-state index contributed by atoms with van der Waals surface area (Å²) in [6.07, 6.45) is 2.81. The summed E-state index contributed by atoms with van der Waals surface area (Å²) in [5.41, 5.74) is 0.571. The van der Waals surface area contributed by atoms with Crippen LogP contribution in [-0.2, 0) is 11.2 Å². The molecule has 0 amide bonds. The first-order valence-corrected chi connectivity index (χ1v) is 5.21. The number of hydrogen-bond acceptors (Lipinski definition) is 2. The number of aliphatic imine (C=N–C) groups is 1. The van der Waals surface area contributed by atoms with Crippen molar-refractivity contribution in [3.05, 3.63) is 34.6 Å². The molecule has 0 spiro atoms. The third-order valence-corrected chi connectivity index (χ3v) is 2.78. The molecule has 0 saturated carbocycles. The molecule has 2 rings (SSSR count). The van der Waals surface area contributed by atoms with E-state index in [2.05, 4.69) is 4.99 Å². The van der Waals surface area contributed by atoms with Crippen LogP contribution >= 0.6 is 11.6 Å². The summed E-state index contributed by atoms with van der Waals surface area (Å²) < 4.78 is 18.4. The average molecular weight is 228 g/mol. The maximum Gasteiger partial charge on any atom is 0.169 e. The third kappa shape index (κ3) is 2.48. The van der Waals surface area contributed by atoms with Crippen molar-refractivity contribution >= 4 is 18.0 Å². The SMILES string of the molecule is Fc1cccc(Cl)c1CCC1COC=N1. The zero-order valence-corrected chi connectivity index (χ0v) is 8.88. The van der Waals surface area contributed by atoms with Crippen LogP contribution in [0.25, 0.3) is 0 Å². The van der Waals surface area contributed by atoms with Crippen LogP contribution in [0.3, 0.4) is 0 Å². The van der Waals surface area contributed by atoms with E-state index >= 15 is 0 Å². The maximum absolute atomic E-state index is 13.4. The van der Waals surface area contributed by atoms with Crippen LogP contribution in [-0.4, -0.2) is 19.0 Å². The lowest BCUT2D eigenvalue weighted by Gasteiger charge is -2.07. The van der Waals surface area contributed by atoms with Gasteiger partial charge in [-0.3, -0.25) is 4.99 Å². The van der Waals surface area contributed by atoms with Gasteiger partial charge in [-0.15, -0.1) is 0 Å². The fourth-order valence-corrected chi connectivity index (χ4v) is 1.82. The number of halogens is 2. The van der Waals surface area contributed by atoms with Gasteiger partial charge in [0.15, 0.2) is 6.40 Å². The molecule has 1 aromatic carbocycles. The van der Waals surface area contributed by atoms with E-state index < -0.39 is 0 Å². The molecule has 0 bridgehead atoms. The number of nitrogens with zero attached hydrogens (tertiary/aromatic N) is 1. The predicted octanol–water partition coefficient (Wildman–Crippen LogP) is 2.84. The van der Waals surface area contributed by atoms with Crippen molar-refractivity contribution in [2.24, 2.45) is 4.99 Å². The molecule has 0 aliphatic carbocycles. The Hall–Kier alpha value is -1.09. The molecule has 0 saturated heterocycles. The Morgan fingerprint density at radius 2 is 2.40 bits per heavy atom. The van der Waals surface area contributed by atoms with Crippen LogP contribution in [0.4, 0.5) is 4.39 Å². The monoisotopic (exact) mass is 227 g/mol. The second-order valence-electron chi connectivity index (χ2n) is 3.48. The molecule has 2 nitrogen and oxygen atoms in total. The zero-order chi connectivity index (χ0) is 10.7. The summed E-state index contributed by atoms with van der Waals surface area (Å²) in [7, 11) is 0. The smallest absolute Gasteiger partial charge is 0.169 e. The lowest BCUT2D eigenvalue weighted by atomic mass is 10.1.